The van der Waals surface area contributed by atoms with Crippen LogP contribution in [0.25, 0.3) is 0 Å². The standard InChI is InChI=1S/C6H10N4O/c1-4(11)8-6-3-5(7)9-10(6)2/h3H,1-2H3,(H2,7,9)(H,8,11). The van der Waals surface area contributed by atoms with Gasteiger partial charge in [0.1, 0.15) is 11.6 Å². The Kier molecular flexibility index (Phi) is 1.80. The molecule has 0 unspecified atom stereocenters. The van der Waals surface area contributed by atoms with Crippen molar-refractivity contribution in [2.24, 2.45) is 7.05 Å². The molecule has 1 rings (SSSR count). The molecule has 0 radical (unpaired) electrons. The molecular weight excluding hydrogens is 144 g/mol. The van der Waals surface area contributed by atoms with Gasteiger partial charge in [0.2, 0.25) is 5.91 Å². The van der Waals surface area contributed by atoms with E-state index in [-0.39, 0.29) is 5.91 Å². The second-order valence-electron chi connectivity index (χ2n) is 2.26. The highest BCUT2D eigenvalue weighted by Crippen LogP contribution is 2.09. The summed E-state index contributed by atoms with van der Waals surface area (Å²) in [4.78, 5) is 10.6. The minimum atomic E-state index is -0.131. The molecule has 0 atom stereocenters. The molecule has 0 spiro atoms. The van der Waals surface area contributed by atoms with Gasteiger partial charge < -0.3 is 11.1 Å². The monoisotopic (exact) mass is 154 g/mol. The van der Waals surface area contributed by atoms with Crippen LogP contribution in [0.1, 0.15) is 6.92 Å². The van der Waals surface area contributed by atoms with Crippen molar-refractivity contribution in [1.29, 1.82) is 0 Å². The lowest BCUT2D eigenvalue weighted by atomic mass is 10.5. The Bertz CT molecular complexity index is 278. The summed E-state index contributed by atoms with van der Waals surface area (Å²) in [5.74, 6) is 0.874. The predicted molar refractivity (Wildman–Crippen MR) is 41.9 cm³/mol. The maximum atomic E-state index is 10.6. The number of nitrogens with two attached hydrogens (primary N) is 1. The smallest absolute Gasteiger partial charge is 0.222 e. The molecule has 0 aliphatic heterocycles. The molecule has 0 fully saturated rings. The molecule has 0 bridgehead atoms. The first kappa shape index (κ1) is 7.59. The Labute approximate surface area is 64.2 Å². The summed E-state index contributed by atoms with van der Waals surface area (Å²) in [6.45, 7) is 1.43. The highest BCUT2D eigenvalue weighted by Gasteiger charge is 2.01. The lowest BCUT2D eigenvalue weighted by Crippen LogP contribution is -2.09. The van der Waals surface area contributed by atoms with E-state index in [4.69, 9.17) is 5.73 Å². The van der Waals surface area contributed by atoms with Crippen LogP contribution in [0.15, 0.2) is 6.07 Å². The van der Waals surface area contributed by atoms with Crippen LogP contribution in [0.5, 0.6) is 0 Å². The first-order valence-corrected chi connectivity index (χ1v) is 3.16. The molecule has 11 heavy (non-hydrogen) atoms. The molecule has 1 heterocycles. The molecular formula is C6H10N4O. The summed E-state index contributed by atoms with van der Waals surface area (Å²) in [5.41, 5.74) is 5.37. The molecule has 0 aromatic carbocycles. The fraction of sp³-hybridized carbons (Fsp3) is 0.333. The van der Waals surface area contributed by atoms with Gasteiger partial charge in [0, 0.05) is 20.0 Å². The van der Waals surface area contributed by atoms with Crippen molar-refractivity contribution < 1.29 is 4.79 Å². The topological polar surface area (TPSA) is 72.9 Å². The number of aryl methyl sites for hydroxylation is 1. The summed E-state index contributed by atoms with van der Waals surface area (Å²) in [7, 11) is 1.71. The zero-order valence-corrected chi connectivity index (χ0v) is 6.46. The van der Waals surface area contributed by atoms with Crippen LogP contribution in [0.4, 0.5) is 11.6 Å². The molecule has 0 saturated carbocycles. The van der Waals surface area contributed by atoms with E-state index in [1.165, 1.54) is 11.6 Å². The molecule has 1 aromatic rings. The molecule has 1 aromatic heterocycles. The van der Waals surface area contributed by atoms with Crippen LogP contribution in [-0.2, 0) is 11.8 Å². The summed E-state index contributed by atoms with van der Waals surface area (Å²) >= 11 is 0. The predicted octanol–water partition coefficient (Wildman–Crippen LogP) is -0.0393. The second-order valence-corrected chi connectivity index (χ2v) is 2.26. The lowest BCUT2D eigenvalue weighted by Gasteiger charge is -1.99. The van der Waals surface area contributed by atoms with E-state index in [1.54, 1.807) is 13.1 Å². The van der Waals surface area contributed by atoms with Gasteiger partial charge >= 0.3 is 0 Å². The highest BCUT2D eigenvalue weighted by molar-refractivity contribution is 5.88. The van der Waals surface area contributed by atoms with Gasteiger partial charge in [0.05, 0.1) is 0 Å². The van der Waals surface area contributed by atoms with Crippen molar-refractivity contribution in [2.75, 3.05) is 11.1 Å². The molecule has 1 amide bonds. The SMILES string of the molecule is CC(=O)Nc1cc(N)nn1C. The number of carbonyl (C=O) groups is 1. The lowest BCUT2D eigenvalue weighted by molar-refractivity contribution is -0.114. The number of rotatable bonds is 1. The number of nitrogens with zero attached hydrogens (tertiary/aromatic N) is 2. The minimum absolute atomic E-state index is 0.131. The Morgan fingerprint density at radius 2 is 2.45 bits per heavy atom. The third-order valence-electron chi connectivity index (χ3n) is 1.20. The normalized spacial score (nSPS) is 9.64. The quantitative estimate of drug-likeness (QED) is 0.596. The van der Waals surface area contributed by atoms with Crippen LogP contribution < -0.4 is 11.1 Å². The molecule has 0 aliphatic carbocycles. The van der Waals surface area contributed by atoms with Crippen molar-refractivity contribution >= 4 is 17.5 Å². The van der Waals surface area contributed by atoms with Crippen LogP contribution in [-0.4, -0.2) is 15.7 Å². The molecule has 5 nitrogen and oxygen atoms in total. The van der Waals surface area contributed by atoms with Crippen LogP contribution in [0, 0.1) is 0 Å². The number of amides is 1. The maximum Gasteiger partial charge on any atom is 0.222 e. The van der Waals surface area contributed by atoms with Crippen LogP contribution >= 0.6 is 0 Å². The zero-order chi connectivity index (χ0) is 8.43. The van der Waals surface area contributed by atoms with Crippen LogP contribution in [0.3, 0.4) is 0 Å². The Hall–Kier alpha value is -1.52. The molecule has 3 N–H and O–H groups in total. The highest BCUT2D eigenvalue weighted by atomic mass is 16.1. The number of nitrogen functional groups attached to an aromatic ring is 1. The Morgan fingerprint density at radius 3 is 2.82 bits per heavy atom. The van der Waals surface area contributed by atoms with Gasteiger partial charge in [-0.15, -0.1) is 0 Å². The molecule has 60 valence electrons. The molecule has 0 aliphatic rings. The van der Waals surface area contributed by atoms with E-state index in [9.17, 15) is 4.79 Å². The van der Waals surface area contributed by atoms with E-state index < -0.39 is 0 Å². The number of nitrogens with one attached hydrogen (secondary N) is 1. The fourth-order valence-corrected chi connectivity index (χ4v) is 0.787. The number of hydrogen-bond acceptors (Lipinski definition) is 3. The van der Waals surface area contributed by atoms with Crippen LogP contribution in [0.2, 0.25) is 0 Å². The first-order valence-electron chi connectivity index (χ1n) is 3.16. The van der Waals surface area contributed by atoms with Gasteiger partial charge in [-0.1, -0.05) is 0 Å². The number of anilines is 2. The van der Waals surface area contributed by atoms with E-state index in [1.807, 2.05) is 0 Å². The largest absolute Gasteiger partial charge is 0.382 e. The van der Waals surface area contributed by atoms with Crippen molar-refractivity contribution in [3.63, 3.8) is 0 Å². The van der Waals surface area contributed by atoms with Gasteiger partial charge in [0.15, 0.2) is 0 Å². The third-order valence-corrected chi connectivity index (χ3v) is 1.20. The fourth-order valence-electron chi connectivity index (χ4n) is 0.787. The van der Waals surface area contributed by atoms with Gasteiger partial charge in [-0.3, -0.25) is 9.48 Å². The van der Waals surface area contributed by atoms with Gasteiger partial charge in [-0.05, 0) is 0 Å². The van der Waals surface area contributed by atoms with Gasteiger partial charge in [-0.2, -0.15) is 5.10 Å². The average Bonchev–Trinajstić information content (AvgIpc) is 2.09. The summed E-state index contributed by atoms with van der Waals surface area (Å²) in [5, 5.41) is 6.42. The first-order chi connectivity index (χ1) is 5.09. The average molecular weight is 154 g/mol. The molecule has 0 saturated heterocycles. The van der Waals surface area contributed by atoms with E-state index in [0.29, 0.717) is 11.6 Å². The summed E-state index contributed by atoms with van der Waals surface area (Å²) < 4.78 is 1.51. The van der Waals surface area contributed by atoms with Crippen molar-refractivity contribution in [3.8, 4) is 0 Å². The minimum Gasteiger partial charge on any atom is -0.382 e. The maximum absolute atomic E-state index is 10.6. The summed E-state index contributed by atoms with van der Waals surface area (Å²) in [6, 6.07) is 1.60. The van der Waals surface area contributed by atoms with E-state index in [0.717, 1.165) is 0 Å². The Morgan fingerprint density at radius 1 is 1.82 bits per heavy atom. The molecule has 5 heteroatoms. The van der Waals surface area contributed by atoms with Crippen molar-refractivity contribution in [1.82, 2.24) is 9.78 Å². The number of carbonyl (C=O) groups excluding carboxylic acids is 1. The van der Waals surface area contributed by atoms with Crippen molar-refractivity contribution in [2.45, 2.75) is 6.92 Å². The Balaban J connectivity index is 2.85. The van der Waals surface area contributed by atoms with Gasteiger partial charge in [0.25, 0.3) is 0 Å². The third kappa shape index (κ3) is 1.70. The second kappa shape index (κ2) is 2.61. The van der Waals surface area contributed by atoms with Crippen molar-refractivity contribution in [3.05, 3.63) is 6.07 Å². The summed E-state index contributed by atoms with van der Waals surface area (Å²) in [6.07, 6.45) is 0. The number of aromatic nitrogens is 2. The van der Waals surface area contributed by atoms with Gasteiger partial charge in [-0.25, -0.2) is 0 Å². The number of hydrogen-bond donors (Lipinski definition) is 2. The van der Waals surface area contributed by atoms with E-state index in [2.05, 4.69) is 10.4 Å². The van der Waals surface area contributed by atoms with E-state index >= 15 is 0 Å². The zero-order valence-electron chi connectivity index (χ0n) is 6.46.